The number of pyridine rings is 1. The van der Waals surface area contributed by atoms with Gasteiger partial charge in [-0.25, -0.2) is 15.0 Å². The van der Waals surface area contributed by atoms with E-state index in [1.54, 1.807) is 19.2 Å². The molecule has 1 aliphatic carbocycles. The van der Waals surface area contributed by atoms with Crippen LogP contribution in [0, 0.1) is 0 Å². The lowest BCUT2D eigenvalue weighted by Crippen LogP contribution is -2.14. The molecule has 30 heavy (non-hydrogen) atoms. The van der Waals surface area contributed by atoms with Crippen molar-refractivity contribution in [3.8, 4) is 5.75 Å². The van der Waals surface area contributed by atoms with Crippen molar-refractivity contribution in [1.82, 2.24) is 15.0 Å². The quantitative estimate of drug-likeness (QED) is 0.378. The molecule has 0 saturated carbocycles. The number of furan rings is 1. The lowest BCUT2D eigenvalue weighted by molar-refractivity contribution is -0.113. The van der Waals surface area contributed by atoms with Crippen LogP contribution in [0.2, 0.25) is 0 Å². The van der Waals surface area contributed by atoms with Gasteiger partial charge in [-0.05, 0) is 49.4 Å². The predicted molar refractivity (Wildman–Crippen MR) is 116 cm³/mol. The van der Waals surface area contributed by atoms with Crippen molar-refractivity contribution in [2.24, 2.45) is 0 Å². The number of fused-ring (bicyclic) bond motifs is 4. The van der Waals surface area contributed by atoms with E-state index in [0.29, 0.717) is 27.8 Å². The summed E-state index contributed by atoms with van der Waals surface area (Å²) in [5.41, 5.74) is 4.95. The van der Waals surface area contributed by atoms with Crippen LogP contribution in [0.4, 0.5) is 5.69 Å². The molecule has 0 radical (unpaired) electrons. The first-order valence-corrected chi connectivity index (χ1v) is 10.8. The van der Waals surface area contributed by atoms with Gasteiger partial charge in [-0.3, -0.25) is 4.79 Å². The van der Waals surface area contributed by atoms with Gasteiger partial charge in [-0.2, -0.15) is 0 Å². The fourth-order valence-electron chi connectivity index (χ4n) is 3.77. The minimum Gasteiger partial charge on any atom is -0.495 e. The van der Waals surface area contributed by atoms with Crippen LogP contribution in [0.25, 0.3) is 22.2 Å². The first-order valence-electron chi connectivity index (χ1n) is 9.84. The molecule has 0 fully saturated rings. The van der Waals surface area contributed by atoms with Crippen LogP contribution < -0.4 is 10.1 Å². The van der Waals surface area contributed by atoms with Crippen molar-refractivity contribution in [2.45, 2.75) is 30.7 Å². The van der Waals surface area contributed by atoms with Gasteiger partial charge in [0.15, 0.2) is 5.58 Å². The van der Waals surface area contributed by atoms with Crippen LogP contribution in [0.3, 0.4) is 0 Å². The van der Waals surface area contributed by atoms with Gasteiger partial charge in [0.05, 0.1) is 23.9 Å². The summed E-state index contributed by atoms with van der Waals surface area (Å²) < 4.78 is 11.3. The summed E-state index contributed by atoms with van der Waals surface area (Å²) in [6.07, 6.45) is 5.89. The summed E-state index contributed by atoms with van der Waals surface area (Å²) in [6.45, 7) is 0. The van der Waals surface area contributed by atoms with E-state index in [-0.39, 0.29) is 11.7 Å². The maximum absolute atomic E-state index is 12.5. The molecule has 0 unspecified atom stereocenters. The number of amides is 1. The summed E-state index contributed by atoms with van der Waals surface area (Å²) in [7, 11) is 1.57. The van der Waals surface area contributed by atoms with E-state index >= 15 is 0 Å². The Balaban J connectivity index is 1.40. The largest absolute Gasteiger partial charge is 0.495 e. The fourth-order valence-corrected chi connectivity index (χ4v) is 4.50. The van der Waals surface area contributed by atoms with Crippen LogP contribution in [0.1, 0.15) is 24.1 Å². The number of carbonyl (C=O) groups excluding carboxylic acids is 1. The first-order chi connectivity index (χ1) is 14.7. The normalized spacial score (nSPS) is 13.4. The molecule has 1 aromatic carbocycles. The van der Waals surface area contributed by atoms with Gasteiger partial charge in [-0.15, -0.1) is 0 Å². The number of benzene rings is 1. The Morgan fingerprint density at radius 1 is 1.23 bits per heavy atom. The first kappa shape index (κ1) is 18.9. The molecule has 3 aromatic heterocycles. The van der Waals surface area contributed by atoms with Crippen LogP contribution in [-0.4, -0.2) is 33.7 Å². The van der Waals surface area contributed by atoms with Crippen molar-refractivity contribution in [3.05, 3.63) is 47.9 Å². The second-order valence-corrected chi connectivity index (χ2v) is 8.11. The molecule has 0 spiro atoms. The number of hydrogen-bond acceptors (Lipinski definition) is 7. The molecule has 7 nitrogen and oxygen atoms in total. The zero-order chi connectivity index (χ0) is 20.5. The number of rotatable bonds is 5. The van der Waals surface area contributed by atoms with Crippen LogP contribution in [0.5, 0.6) is 5.75 Å². The zero-order valence-electron chi connectivity index (χ0n) is 16.5. The highest BCUT2D eigenvalue weighted by molar-refractivity contribution is 8.00. The van der Waals surface area contributed by atoms with Gasteiger partial charge in [-0.1, -0.05) is 23.9 Å². The molecule has 0 aliphatic heterocycles. The van der Waals surface area contributed by atoms with Gasteiger partial charge in [0, 0.05) is 5.69 Å². The second-order valence-electron chi connectivity index (χ2n) is 7.15. The van der Waals surface area contributed by atoms with Gasteiger partial charge >= 0.3 is 0 Å². The lowest BCUT2D eigenvalue weighted by atomic mass is 9.95. The van der Waals surface area contributed by atoms with Crippen molar-refractivity contribution in [3.63, 3.8) is 0 Å². The van der Waals surface area contributed by atoms with Crippen LogP contribution >= 0.6 is 11.8 Å². The number of nitrogens with one attached hydrogen (secondary N) is 1. The SMILES string of the molecule is COc1ccccc1NC(=O)CSc1ncnc2c1oc1nc3c(cc12)CCCC3. The van der Waals surface area contributed by atoms with Gasteiger partial charge < -0.3 is 14.5 Å². The lowest BCUT2D eigenvalue weighted by Gasteiger charge is -2.13. The third-order valence-corrected chi connectivity index (χ3v) is 6.18. The van der Waals surface area contributed by atoms with Crippen LogP contribution in [-0.2, 0) is 17.6 Å². The topological polar surface area (TPSA) is 90.1 Å². The standard InChI is InChI=1S/C22H20N4O3S/c1-28-17-9-5-4-8-16(17)25-18(27)11-30-22-20-19(23-12-24-22)14-10-13-6-2-3-7-15(13)26-21(14)29-20/h4-5,8-10,12H,2-3,6-7,11H2,1H3,(H,25,27). The van der Waals surface area contributed by atoms with Crippen molar-refractivity contribution in [1.29, 1.82) is 0 Å². The van der Waals surface area contributed by atoms with E-state index in [4.69, 9.17) is 14.1 Å². The smallest absolute Gasteiger partial charge is 0.234 e. The molecule has 0 bridgehead atoms. The minimum atomic E-state index is -0.152. The maximum atomic E-state index is 12.5. The predicted octanol–water partition coefficient (Wildman–Crippen LogP) is 4.39. The van der Waals surface area contributed by atoms with Crippen molar-refractivity contribution in [2.75, 3.05) is 18.2 Å². The number of methoxy groups -OCH3 is 1. The Kier molecular flexibility index (Phi) is 5.00. The number of aryl methyl sites for hydroxylation is 2. The van der Waals surface area contributed by atoms with Gasteiger partial charge in [0.2, 0.25) is 11.6 Å². The summed E-state index contributed by atoms with van der Waals surface area (Å²) in [5, 5.41) is 4.41. The van der Waals surface area contributed by atoms with Crippen molar-refractivity contribution >= 4 is 45.6 Å². The van der Waals surface area contributed by atoms with E-state index in [2.05, 4.69) is 21.4 Å². The highest BCUT2D eigenvalue weighted by Gasteiger charge is 2.19. The minimum absolute atomic E-state index is 0.152. The number of nitrogens with zero attached hydrogens (tertiary/aromatic N) is 3. The highest BCUT2D eigenvalue weighted by atomic mass is 32.2. The maximum Gasteiger partial charge on any atom is 0.234 e. The second kappa shape index (κ2) is 7.95. The molecule has 3 heterocycles. The number of ether oxygens (including phenoxy) is 1. The molecular weight excluding hydrogens is 400 g/mol. The third-order valence-electron chi connectivity index (χ3n) is 5.21. The molecule has 0 saturated heterocycles. The Morgan fingerprint density at radius 2 is 2.10 bits per heavy atom. The molecule has 1 amide bonds. The number of aromatic nitrogens is 3. The molecule has 1 aliphatic rings. The number of thioether (sulfide) groups is 1. The van der Waals surface area contributed by atoms with E-state index in [9.17, 15) is 4.79 Å². The summed E-state index contributed by atoms with van der Waals surface area (Å²) in [6, 6.07) is 9.46. The number of carbonyl (C=O) groups is 1. The Labute approximate surface area is 177 Å². The molecule has 152 valence electrons. The molecule has 5 rings (SSSR count). The summed E-state index contributed by atoms with van der Waals surface area (Å²) >= 11 is 1.31. The van der Waals surface area contributed by atoms with Gasteiger partial charge in [0.25, 0.3) is 0 Å². The van der Waals surface area contributed by atoms with Gasteiger partial charge in [0.1, 0.15) is 22.6 Å². The Hall–Kier alpha value is -3.13. The molecule has 4 aromatic rings. The number of hydrogen-bond donors (Lipinski definition) is 1. The fraction of sp³-hybridized carbons (Fsp3) is 0.273. The molecular formula is C22H20N4O3S. The van der Waals surface area contributed by atoms with E-state index in [1.807, 2.05) is 12.1 Å². The number of anilines is 1. The highest BCUT2D eigenvalue weighted by Crippen LogP contribution is 2.34. The summed E-state index contributed by atoms with van der Waals surface area (Å²) in [4.78, 5) is 25.9. The molecule has 0 atom stereocenters. The van der Waals surface area contributed by atoms with E-state index in [0.717, 1.165) is 35.9 Å². The average Bonchev–Trinajstić information content (AvgIpc) is 3.14. The third kappa shape index (κ3) is 3.47. The Morgan fingerprint density at radius 3 is 3.00 bits per heavy atom. The Bertz CT molecular complexity index is 1250. The average molecular weight is 420 g/mol. The zero-order valence-corrected chi connectivity index (χ0v) is 17.3. The van der Waals surface area contributed by atoms with E-state index in [1.165, 1.54) is 30.1 Å². The summed E-state index contributed by atoms with van der Waals surface area (Å²) in [5.74, 6) is 0.652. The number of para-hydroxylation sites is 2. The van der Waals surface area contributed by atoms with Crippen molar-refractivity contribution < 1.29 is 13.9 Å². The molecule has 8 heteroatoms. The van der Waals surface area contributed by atoms with Crippen LogP contribution in [0.15, 0.2) is 46.1 Å². The monoisotopic (exact) mass is 420 g/mol. The van der Waals surface area contributed by atoms with E-state index < -0.39 is 0 Å². The molecule has 1 N–H and O–H groups in total.